The van der Waals surface area contributed by atoms with E-state index in [0.29, 0.717) is 0 Å². The number of ether oxygens (including phenoxy) is 4. The van der Waals surface area contributed by atoms with Crippen molar-refractivity contribution in [2.45, 2.75) is 68.3 Å². The predicted octanol–water partition coefficient (Wildman–Crippen LogP) is -1.65. The van der Waals surface area contributed by atoms with Crippen molar-refractivity contribution in [1.82, 2.24) is 0 Å². The van der Waals surface area contributed by atoms with Crippen LogP contribution in [0.2, 0.25) is 0 Å². The number of phenols is 2. The summed E-state index contributed by atoms with van der Waals surface area (Å²) in [6.07, 6.45) is -17.3. The predicted molar refractivity (Wildman–Crippen MR) is 139 cm³/mol. The molecule has 5 rings (SSSR count). The number of hydrogen-bond donors (Lipinski definition) is 9. The molecule has 0 saturated carbocycles. The van der Waals surface area contributed by atoms with Gasteiger partial charge in [0.2, 0.25) is 23.8 Å². The van der Waals surface area contributed by atoms with E-state index in [4.69, 9.17) is 23.4 Å². The largest absolute Gasteiger partial charge is 0.508 e. The van der Waals surface area contributed by atoms with Crippen molar-refractivity contribution in [2.75, 3.05) is 0 Å². The first kappa shape index (κ1) is 30.5. The first-order chi connectivity index (χ1) is 20.3. The van der Waals surface area contributed by atoms with Gasteiger partial charge in [0.05, 0.1) is 6.10 Å². The number of fused-ring (bicyclic) bond motifs is 1. The minimum atomic E-state index is -1.97. The number of phenolic OH excluding ortho intramolecular Hbond substituents is 2. The molecule has 0 radical (unpaired) electrons. The highest BCUT2D eigenvalue weighted by atomic mass is 16.7. The van der Waals surface area contributed by atoms with E-state index in [1.165, 1.54) is 31.2 Å². The topological polar surface area (TPSA) is 266 Å². The molecule has 2 fully saturated rings. The Hall–Kier alpha value is -4.00. The molecule has 232 valence electrons. The van der Waals surface area contributed by atoms with Gasteiger partial charge in [0, 0.05) is 17.7 Å². The van der Waals surface area contributed by atoms with Gasteiger partial charge >= 0.3 is 5.97 Å². The molecule has 43 heavy (non-hydrogen) atoms. The number of aliphatic hydroxyl groups excluding tert-OH is 6. The van der Waals surface area contributed by atoms with Crippen LogP contribution in [0, 0.1) is 0 Å². The second-order valence-electron chi connectivity index (χ2n) is 10.1. The fraction of sp³-hybridized carbons (Fsp3) is 0.407. The molecule has 3 aromatic rings. The van der Waals surface area contributed by atoms with Gasteiger partial charge in [-0.15, -0.1) is 0 Å². The highest BCUT2D eigenvalue weighted by molar-refractivity contribution is 5.88. The number of carbonyl (C=O) groups is 1. The van der Waals surface area contributed by atoms with Crippen molar-refractivity contribution in [3.8, 4) is 34.3 Å². The second kappa shape index (κ2) is 11.6. The molecule has 16 nitrogen and oxygen atoms in total. The van der Waals surface area contributed by atoms with Gasteiger partial charge in [-0.1, -0.05) is 0 Å². The van der Waals surface area contributed by atoms with Crippen LogP contribution in [0.25, 0.3) is 22.3 Å². The van der Waals surface area contributed by atoms with Crippen LogP contribution in [0.4, 0.5) is 0 Å². The van der Waals surface area contributed by atoms with Gasteiger partial charge in [-0.3, -0.25) is 4.79 Å². The lowest BCUT2D eigenvalue weighted by atomic mass is 9.99. The summed E-state index contributed by atoms with van der Waals surface area (Å²) in [5, 5.41) is 90.2. The molecule has 2 saturated heterocycles. The Morgan fingerprint density at radius 2 is 1.40 bits per heavy atom. The van der Waals surface area contributed by atoms with Gasteiger partial charge in [-0.2, -0.15) is 0 Å². The Labute approximate surface area is 240 Å². The summed E-state index contributed by atoms with van der Waals surface area (Å²) in [7, 11) is 0. The summed E-state index contributed by atoms with van der Waals surface area (Å²) >= 11 is 0. The minimum absolute atomic E-state index is 0.127. The van der Waals surface area contributed by atoms with Crippen LogP contribution in [-0.2, 0) is 14.3 Å². The van der Waals surface area contributed by atoms with Crippen molar-refractivity contribution in [3.05, 3.63) is 46.6 Å². The van der Waals surface area contributed by atoms with Crippen LogP contribution in [0.15, 0.2) is 45.6 Å². The molecule has 0 bridgehead atoms. The van der Waals surface area contributed by atoms with Gasteiger partial charge in [0.1, 0.15) is 64.8 Å². The maximum absolute atomic E-state index is 13.7. The molecule has 0 aliphatic carbocycles. The second-order valence-corrected chi connectivity index (χ2v) is 10.1. The molecule has 0 amide bonds. The van der Waals surface area contributed by atoms with Crippen LogP contribution in [0.1, 0.15) is 6.92 Å². The Bertz CT molecular complexity index is 1550. The van der Waals surface area contributed by atoms with E-state index in [1.54, 1.807) is 0 Å². The number of rotatable bonds is 6. The lowest BCUT2D eigenvalue weighted by Gasteiger charge is -2.38. The zero-order valence-corrected chi connectivity index (χ0v) is 22.1. The number of carboxylic acids is 1. The third-order valence-electron chi connectivity index (χ3n) is 7.14. The Balaban J connectivity index is 1.58. The van der Waals surface area contributed by atoms with Crippen molar-refractivity contribution >= 4 is 16.9 Å². The van der Waals surface area contributed by atoms with Gasteiger partial charge in [0.25, 0.3) is 0 Å². The lowest BCUT2D eigenvalue weighted by Crippen LogP contribution is -2.61. The van der Waals surface area contributed by atoms with Crippen LogP contribution >= 0.6 is 0 Å². The van der Waals surface area contributed by atoms with Crippen LogP contribution < -0.4 is 14.9 Å². The molecular weight excluding hydrogens is 580 g/mol. The Morgan fingerprint density at radius 1 is 0.791 bits per heavy atom. The van der Waals surface area contributed by atoms with E-state index in [-0.39, 0.29) is 28.4 Å². The van der Waals surface area contributed by atoms with Crippen molar-refractivity contribution < 1.29 is 74.1 Å². The summed E-state index contributed by atoms with van der Waals surface area (Å²) in [6, 6.07) is 7.25. The van der Waals surface area contributed by atoms with E-state index in [1.807, 2.05) is 0 Å². The molecule has 2 aliphatic rings. The number of hydrogen-bond acceptors (Lipinski definition) is 15. The smallest absolute Gasteiger partial charge is 0.335 e. The van der Waals surface area contributed by atoms with E-state index in [0.717, 1.165) is 12.1 Å². The highest BCUT2D eigenvalue weighted by Crippen LogP contribution is 2.38. The molecule has 2 aromatic carbocycles. The molecule has 10 atom stereocenters. The quantitative estimate of drug-likeness (QED) is 0.152. The van der Waals surface area contributed by atoms with Gasteiger partial charge in [0.15, 0.2) is 11.9 Å². The molecule has 1 aromatic heterocycles. The Kier molecular flexibility index (Phi) is 8.21. The van der Waals surface area contributed by atoms with E-state index < -0.39 is 89.7 Å². The summed E-state index contributed by atoms with van der Waals surface area (Å²) < 4.78 is 27.6. The molecule has 9 N–H and O–H groups in total. The number of carboxylic acid groups (broad SMARTS) is 1. The van der Waals surface area contributed by atoms with Crippen LogP contribution in [0.5, 0.6) is 23.0 Å². The average Bonchev–Trinajstić information content (AvgIpc) is 2.96. The average molecular weight is 609 g/mol. The van der Waals surface area contributed by atoms with Crippen molar-refractivity contribution in [1.29, 1.82) is 0 Å². The van der Waals surface area contributed by atoms with Gasteiger partial charge in [-0.05, 0) is 31.2 Å². The third kappa shape index (κ3) is 5.57. The van der Waals surface area contributed by atoms with Crippen LogP contribution in [0.3, 0.4) is 0 Å². The first-order valence-corrected chi connectivity index (χ1v) is 12.9. The molecule has 3 heterocycles. The standard InChI is InChI=1S/C27H28O16/c1-8-15(30)17(32)20(35)26(39-8)42-23-16(31)14-12(29)6-11(7-13(14)41-22(23)9-2-4-10(28)5-3-9)40-27-21(36)18(33)19(34)24(43-27)25(37)38/h2-8,15,17-21,24,26-30,32-36H,1H3,(H,37,38)/t8-,15-,17+,18+,19+,20+,21-,24+,26+,27-/m1/s1. The van der Waals surface area contributed by atoms with Crippen molar-refractivity contribution in [3.63, 3.8) is 0 Å². The number of aliphatic hydroxyl groups is 6. The molecule has 16 heteroatoms. The Morgan fingerprint density at radius 3 is 2.02 bits per heavy atom. The molecule has 0 unspecified atom stereocenters. The third-order valence-corrected chi connectivity index (χ3v) is 7.14. The molecular formula is C27H28O16. The minimum Gasteiger partial charge on any atom is -0.508 e. The van der Waals surface area contributed by atoms with E-state index in [2.05, 4.69) is 0 Å². The molecule has 2 aliphatic heterocycles. The monoisotopic (exact) mass is 608 g/mol. The zero-order chi connectivity index (χ0) is 31.3. The first-order valence-electron chi connectivity index (χ1n) is 12.9. The van der Waals surface area contributed by atoms with Crippen molar-refractivity contribution in [2.24, 2.45) is 0 Å². The number of aromatic hydroxyl groups is 2. The maximum Gasteiger partial charge on any atom is 0.335 e. The SMILES string of the molecule is C[C@H]1O[C@@H](Oc2c(-c3ccc(O)cc3)oc3cc(O[C@@H]4O[C@H](C(=O)O)[C@@H](O)[C@H](O)[C@H]4O)cc(O)c3c2=O)[C@@H](O)[C@@H](O)[C@@H]1O. The summed E-state index contributed by atoms with van der Waals surface area (Å²) in [4.78, 5) is 25.1. The van der Waals surface area contributed by atoms with Gasteiger partial charge < -0.3 is 69.3 Å². The van der Waals surface area contributed by atoms with E-state index in [9.17, 15) is 55.5 Å². The lowest BCUT2D eigenvalue weighted by molar-refractivity contribution is -0.271. The fourth-order valence-electron chi connectivity index (χ4n) is 4.75. The highest BCUT2D eigenvalue weighted by Gasteiger charge is 2.48. The fourth-order valence-corrected chi connectivity index (χ4v) is 4.75. The normalized spacial score (nSPS) is 32.8. The molecule has 0 spiro atoms. The summed E-state index contributed by atoms with van der Waals surface area (Å²) in [5.41, 5.74) is -1.12. The maximum atomic E-state index is 13.7. The summed E-state index contributed by atoms with van der Waals surface area (Å²) in [6.45, 7) is 1.40. The van der Waals surface area contributed by atoms with E-state index >= 15 is 0 Å². The van der Waals surface area contributed by atoms with Gasteiger partial charge in [-0.25, -0.2) is 4.79 Å². The van der Waals surface area contributed by atoms with Crippen LogP contribution in [-0.4, -0.2) is 113 Å². The zero-order valence-electron chi connectivity index (χ0n) is 22.1. The number of aliphatic carboxylic acids is 1. The summed E-state index contributed by atoms with van der Waals surface area (Å²) in [5.74, 6) is -3.68. The number of benzene rings is 2.